The fourth-order valence-corrected chi connectivity index (χ4v) is 3.21. The van der Waals surface area contributed by atoms with E-state index in [2.05, 4.69) is 5.32 Å². The summed E-state index contributed by atoms with van der Waals surface area (Å²) >= 11 is 0.685. The van der Waals surface area contributed by atoms with E-state index < -0.39 is 22.9 Å². The lowest BCUT2D eigenvalue weighted by atomic mass is 10.1. The lowest BCUT2D eigenvalue weighted by Crippen LogP contribution is -2.25. The number of methoxy groups -OCH3 is 1. The maximum atomic E-state index is 12.9. The summed E-state index contributed by atoms with van der Waals surface area (Å²) in [5, 5.41) is 13.3. The van der Waals surface area contributed by atoms with Crippen LogP contribution in [0, 0.1) is 10.1 Å². The van der Waals surface area contributed by atoms with Crippen molar-refractivity contribution in [3.63, 3.8) is 0 Å². The third-order valence-corrected chi connectivity index (χ3v) is 4.89. The number of thiophene rings is 1. The number of carbonyl (C=O) groups excluding carboxylic acids is 2. The van der Waals surface area contributed by atoms with Gasteiger partial charge in [0.25, 0.3) is 5.91 Å². The van der Waals surface area contributed by atoms with Crippen LogP contribution in [0.5, 0.6) is 5.75 Å². The Morgan fingerprint density at radius 2 is 1.83 bits per heavy atom. The first kappa shape index (κ1) is 20.0. The number of nitrogens with one attached hydrogen (secondary N) is 1. The van der Waals surface area contributed by atoms with Crippen molar-refractivity contribution in [2.75, 3.05) is 12.4 Å². The highest BCUT2D eigenvalue weighted by Crippen LogP contribution is 2.28. The molecule has 1 aromatic heterocycles. The molecule has 0 bridgehead atoms. The first-order valence-corrected chi connectivity index (χ1v) is 9.24. The molecule has 8 nitrogen and oxygen atoms in total. The number of esters is 1. The molecule has 0 spiro atoms. The molecule has 1 N–H and O–H groups in total. The molecule has 0 aliphatic carbocycles. The van der Waals surface area contributed by atoms with Gasteiger partial charge < -0.3 is 14.8 Å². The second-order valence-electron chi connectivity index (χ2n) is 5.81. The lowest BCUT2D eigenvalue weighted by Gasteiger charge is -2.18. The molecule has 148 valence electrons. The minimum absolute atomic E-state index is 0.0341. The summed E-state index contributed by atoms with van der Waals surface area (Å²) < 4.78 is 10.5. The third kappa shape index (κ3) is 4.96. The largest absolute Gasteiger partial charge is 0.497 e. The maximum Gasteiger partial charge on any atom is 0.349 e. The second kappa shape index (κ2) is 8.98. The van der Waals surface area contributed by atoms with E-state index in [9.17, 15) is 19.7 Å². The predicted molar refractivity (Wildman–Crippen MR) is 107 cm³/mol. The topological polar surface area (TPSA) is 108 Å². The Balaban J connectivity index is 1.83. The molecule has 9 heteroatoms. The van der Waals surface area contributed by atoms with Crippen LogP contribution in [0.25, 0.3) is 0 Å². The van der Waals surface area contributed by atoms with Crippen LogP contribution in [0.2, 0.25) is 0 Å². The number of hydrogen-bond donors (Lipinski definition) is 1. The quantitative estimate of drug-likeness (QED) is 0.354. The van der Waals surface area contributed by atoms with E-state index in [1.165, 1.54) is 19.2 Å². The van der Waals surface area contributed by atoms with Crippen molar-refractivity contribution in [3.05, 3.63) is 87.3 Å². The summed E-state index contributed by atoms with van der Waals surface area (Å²) in [4.78, 5) is 35.6. The number of ether oxygens (including phenoxy) is 2. The molecule has 0 fully saturated rings. The highest BCUT2D eigenvalue weighted by molar-refractivity contribution is 7.17. The fraction of sp³-hybridized carbons (Fsp3) is 0.100. The molecule has 1 amide bonds. The minimum Gasteiger partial charge on any atom is -0.497 e. The molecule has 1 atom stereocenters. The van der Waals surface area contributed by atoms with Crippen LogP contribution in [0.4, 0.5) is 10.7 Å². The fourth-order valence-electron chi connectivity index (χ4n) is 2.51. The van der Waals surface area contributed by atoms with E-state index in [1.807, 2.05) is 0 Å². The molecule has 0 aliphatic rings. The third-order valence-electron chi connectivity index (χ3n) is 3.88. The average molecular weight is 412 g/mol. The summed E-state index contributed by atoms with van der Waals surface area (Å²) in [5.41, 5.74) is 0.936. The summed E-state index contributed by atoms with van der Waals surface area (Å²) in [5.74, 6) is -0.830. The zero-order chi connectivity index (χ0) is 20.8. The van der Waals surface area contributed by atoms with Gasteiger partial charge in [-0.2, -0.15) is 0 Å². The average Bonchev–Trinajstić information content (AvgIpc) is 3.23. The van der Waals surface area contributed by atoms with Crippen LogP contribution in [0.3, 0.4) is 0 Å². The van der Waals surface area contributed by atoms with Gasteiger partial charge in [0.15, 0.2) is 0 Å². The van der Waals surface area contributed by atoms with Crippen molar-refractivity contribution in [1.29, 1.82) is 0 Å². The lowest BCUT2D eigenvalue weighted by molar-refractivity contribution is -0.380. The van der Waals surface area contributed by atoms with Crippen LogP contribution in [0.1, 0.15) is 21.3 Å². The number of amides is 1. The number of nitrogens with zero attached hydrogens (tertiary/aromatic N) is 1. The Morgan fingerprint density at radius 1 is 1.07 bits per heavy atom. The van der Waals surface area contributed by atoms with Gasteiger partial charge in [0.05, 0.1) is 12.0 Å². The number of benzene rings is 2. The van der Waals surface area contributed by atoms with Crippen LogP contribution < -0.4 is 10.1 Å². The SMILES string of the molecule is COc1cccc(NC(=O)[C@H](OC(=O)c2ccc([N+](=O)[O-])s2)c2ccccc2)c1. The molecule has 0 radical (unpaired) electrons. The summed E-state index contributed by atoms with van der Waals surface area (Å²) in [6.07, 6.45) is -1.24. The highest BCUT2D eigenvalue weighted by Gasteiger charge is 2.27. The van der Waals surface area contributed by atoms with E-state index in [0.29, 0.717) is 28.3 Å². The summed E-state index contributed by atoms with van der Waals surface area (Å²) in [6, 6.07) is 17.8. The van der Waals surface area contributed by atoms with E-state index in [-0.39, 0.29) is 9.88 Å². The monoisotopic (exact) mass is 412 g/mol. The normalized spacial score (nSPS) is 11.3. The number of anilines is 1. The van der Waals surface area contributed by atoms with Crippen LogP contribution in [-0.4, -0.2) is 23.9 Å². The smallest absolute Gasteiger partial charge is 0.349 e. The van der Waals surface area contributed by atoms with E-state index >= 15 is 0 Å². The Morgan fingerprint density at radius 3 is 2.48 bits per heavy atom. The molecular formula is C20H16N2O6S. The Bertz CT molecular complexity index is 1030. The van der Waals surface area contributed by atoms with Gasteiger partial charge in [-0.25, -0.2) is 4.79 Å². The zero-order valence-corrected chi connectivity index (χ0v) is 16.0. The van der Waals surface area contributed by atoms with Gasteiger partial charge in [-0.1, -0.05) is 47.7 Å². The van der Waals surface area contributed by atoms with Gasteiger partial charge >= 0.3 is 11.0 Å². The standard InChI is InChI=1S/C20H16N2O6S/c1-27-15-9-5-8-14(12-15)21-19(23)18(13-6-3-2-4-7-13)28-20(24)16-10-11-17(29-16)22(25)26/h2-12,18H,1H3,(H,21,23)/t18-/m1/s1. The van der Waals surface area contributed by atoms with E-state index in [1.54, 1.807) is 54.6 Å². The van der Waals surface area contributed by atoms with Crippen LogP contribution in [-0.2, 0) is 9.53 Å². The number of carbonyl (C=O) groups is 2. The maximum absolute atomic E-state index is 12.9. The Labute approximate surface area is 169 Å². The molecular weight excluding hydrogens is 396 g/mol. The Kier molecular flexibility index (Phi) is 6.20. The number of hydrogen-bond acceptors (Lipinski definition) is 7. The first-order chi connectivity index (χ1) is 14.0. The molecule has 29 heavy (non-hydrogen) atoms. The summed E-state index contributed by atoms with van der Waals surface area (Å²) in [7, 11) is 1.51. The molecule has 0 unspecified atom stereocenters. The first-order valence-electron chi connectivity index (χ1n) is 8.43. The van der Waals surface area contributed by atoms with Gasteiger partial charge in [-0.05, 0) is 18.2 Å². The van der Waals surface area contributed by atoms with Gasteiger partial charge in [0.1, 0.15) is 10.6 Å². The van der Waals surface area contributed by atoms with Crippen molar-refractivity contribution >= 4 is 33.9 Å². The summed E-state index contributed by atoms with van der Waals surface area (Å²) in [6.45, 7) is 0. The van der Waals surface area contributed by atoms with E-state index in [0.717, 1.165) is 0 Å². The van der Waals surface area contributed by atoms with Crippen molar-refractivity contribution in [2.24, 2.45) is 0 Å². The predicted octanol–water partition coefficient (Wildman–Crippen LogP) is 4.20. The molecule has 2 aromatic carbocycles. The van der Waals surface area contributed by atoms with Crippen LogP contribution in [0.15, 0.2) is 66.7 Å². The highest BCUT2D eigenvalue weighted by atomic mass is 32.1. The number of rotatable bonds is 7. The molecule has 0 saturated heterocycles. The van der Waals surface area contributed by atoms with Gasteiger partial charge in [0.2, 0.25) is 6.10 Å². The van der Waals surface area contributed by atoms with E-state index in [4.69, 9.17) is 9.47 Å². The zero-order valence-electron chi connectivity index (χ0n) is 15.2. The minimum atomic E-state index is -1.24. The van der Waals surface area contributed by atoms with Crippen LogP contribution >= 0.6 is 11.3 Å². The molecule has 0 saturated carbocycles. The molecule has 1 heterocycles. The van der Waals surface area contributed by atoms with Crippen molar-refractivity contribution in [3.8, 4) is 5.75 Å². The van der Waals surface area contributed by atoms with Gasteiger partial charge in [0, 0.05) is 23.4 Å². The van der Waals surface area contributed by atoms with Gasteiger partial charge in [-0.3, -0.25) is 14.9 Å². The van der Waals surface area contributed by atoms with Crippen molar-refractivity contribution in [1.82, 2.24) is 0 Å². The molecule has 3 aromatic rings. The van der Waals surface area contributed by atoms with Crippen molar-refractivity contribution in [2.45, 2.75) is 6.10 Å². The van der Waals surface area contributed by atoms with Gasteiger partial charge in [-0.15, -0.1) is 0 Å². The second-order valence-corrected chi connectivity index (χ2v) is 6.87. The number of nitro groups is 1. The molecule has 3 rings (SSSR count). The van der Waals surface area contributed by atoms with Crippen molar-refractivity contribution < 1.29 is 24.0 Å². The molecule has 0 aliphatic heterocycles. The Hall–Kier alpha value is -3.72.